The zero-order valence-electron chi connectivity index (χ0n) is 19.3. The van der Waals surface area contributed by atoms with Crippen LogP contribution in [0.5, 0.6) is 0 Å². The Balaban J connectivity index is 3.28. The van der Waals surface area contributed by atoms with Crippen molar-refractivity contribution in [1.29, 1.82) is 0 Å². The van der Waals surface area contributed by atoms with Crippen LogP contribution in [0.4, 0.5) is 0 Å². The van der Waals surface area contributed by atoms with Gasteiger partial charge in [-0.15, -0.1) is 0 Å². The average molecular weight is 415 g/mol. The topological polar surface area (TPSA) is 61.8 Å². The van der Waals surface area contributed by atoms with Gasteiger partial charge in [0.05, 0.1) is 13.2 Å². The molecule has 0 aliphatic carbocycles. The highest BCUT2D eigenvalue weighted by molar-refractivity contribution is 5.73. The van der Waals surface area contributed by atoms with Crippen LogP contribution in [0.2, 0.25) is 0 Å². The van der Waals surface area contributed by atoms with Gasteiger partial charge in [-0.1, -0.05) is 91.4 Å². The average Bonchev–Trinajstić information content (AvgIpc) is 2.68. The number of hydrogen-bond donors (Lipinski definition) is 0. The Morgan fingerprint density at radius 2 is 1.03 bits per heavy atom. The highest BCUT2D eigenvalue weighted by atomic mass is 16.6. The minimum absolute atomic E-state index is 0.195. The number of ether oxygens (including phenoxy) is 3. The van der Waals surface area contributed by atoms with E-state index in [9.17, 15) is 9.59 Å². The molecule has 0 N–H and O–H groups in total. The van der Waals surface area contributed by atoms with E-state index in [1.807, 2.05) is 0 Å². The minimum Gasteiger partial charge on any atom is -0.464 e. The molecule has 0 bridgehead atoms. The van der Waals surface area contributed by atoms with E-state index in [4.69, 9.17) is 14.2 Å². The molecule has 0 saturated heterocycles. The molecule has 0 aliphatic rings. The SMILES string of the molecule is CCCCCCCCCCCCCCOC(=O)COCC(=O)OCCCC(C)C. The van der Waals surface area contributed by atoms with Gasteiger partial charge in [-0.2, -0.15) is 0 Å². The smallest absolute Gasteiger partial charge is 0.332 e. The van der Waals surface area contributed by atoms with Gasteiger partial charge in [-0.25, -0.2) is 9.59 Å². The third-order valence-corrected chi connectivity index (χ3v) is 4.89. The third-order valence-electron chi connectivity index (χ3n) is 4.89. The van der Waals surface area contributed by atoms with E-state index in [1.54, 1.807) is 0 Å². The molecule has 0 unspecified atom stereocenters. The number of carbonyl (C=O) groups is 2. The monoisotopic (exact) mass is 414 g/mol. The minimum atomic E-state index is -0.428. The van der Waals surface area contributed by atoms with Gasteiger partial charge in [0, 0.05) is 0 Å². The van der Waals surface area contributed by atoms with Crippen LogP contribution in [0.3, 0.4) is 0 Å². The van der Waals surface area contributed by atoms with E-state index in [2.05, 4.69) is 20.8 Å². The Morgan fingerprint density at radius 3 is 1.48 bits per heavy atom. The van der Waals surface area contributed by atoms with Crippen LogP contribution in [0, 0.1) is 5.92 Å². The maximum Gasteiger partial charge on any atom is 0.332 e. The summed E-state index contributed by atoms with van der Waals surface area (Å²) in [7, 11) is 0. The summed E-state index contributed by atoms with van der Waals surface area (Å²) >= 11 is 0. The second-order valence-electron chi connectivity index (χ2n) is 8.36. The predicted molar refractivity (Wildman–Crippen MR) is 118 cm³/mol. The van der Waals surface area contributed by atoms with Crippen molar-refractivity contribution in [2.75, 3.05) is 26.4 Å². The molecule has 0 aromatic carbocycles. The Labute approximate surface area is 179 Å². The van der Waals surface area contributed by atoms with Gasteiger partial charge in [0.25, 0.3) is 0 Å². The first-order valence-corrected chi connectivity index (χ1v) is 11.9. The highest BCUT2D eigenvalue weighted by Crippen LogP contribution is 2.12. The summed E-state index contributed by atoms with van der Waals surface area (Å²) in [5.41, 5.74) is 0. The van der Waals surface area contributed by atoms with Crippen molar-refractivity contribution in [2.24, 2.45) is 5.92 Å². The van der Waals surface area contributed by atoms with Crippen molar-refractivity contribution in [2.45, 2.75) is 111 Å². The summed E-state index contributed by atoms with van der Waals surface area (Å²) in [5.74, 6) is -0.243. The molecule has 0 spiro atoms. The van der Waals surface area contributed by atoms with Crippen LogP contribution in [-0.4, -0.2) is 38.4 Å². The molecule has 0 heterocycles. The standard InChI is InChI=1S/C24H46O5/c1-4-5-6-7-8-9-10-11-12-13-14-15-18-28-23(25)20-27-21-24(26)29-19-16-17-22(2)3/h22H,4-21H2,1-3H3. The van der Waals surface area contributed by atoms with Crippen molar-refractivity contribution in [3.8, 4) is 0 Å². The Morgan fingerprint density at radius 1 is 0.621 bits per heavy atom. The quantitative estimate of drug-likeness (QED) is 0.165. The molecule has 0 amide bonds. The van der Waals surface area contributed by atoms with Gasteiger partial charge >= 0.3 is 11.9 Å². The molecule has 0 radical (unpaired) electrons. The molecule has 0 aliphatic heterocycles. The van der Waals surface area contributed by atoms with Crippen LogP contribution in [0.1, 0.15) is 111 Å². The maximum absolute atomic E-state index is 11.6. The molecule has 172 valence electrons. The lowest BCUT2D eigenvalue weighted by Crippen LogP contribution is -2.19. The van der Waals surface area contributed by atoms with Crippen molar-refractivity contribution in [1.82, 2.24) is 0 Å². The molecule has 0 rings (SSSR count). The largest absolute Gasteiger partial charge is 0.464 e. The Bertz CT molecular complexity index is 381. The van der Waals surface area contributed by atoms with Crippen LogP contribution in [0.15, 0.2) is 0 Å². The lowest BCUT2D eigenvalue weighted by Gasteiger charge is -2.07. The molecule has 29 heavy (non-hydrogen) atoms. The van der Waals surface area contributed by atoms with E-state index < -0.39 is 11.9 Å². The fraction of sp³-hybridized carbons (Fsp3) is 0.917. The summed E-state index contributed by atoms with van der Waals surface area (Å²) in [5, 5.41) is 0. The van der Waals surface area contributed by atoms with Crippen molar-refractivity contribution < 1.29 is 23.8 Å². The third kappa shape index (κ3) is 23.0. The normalized spacial score (nSPS) is 11.0. The first-order chi connectivity index (χ1) is 14.1. The fourth-order valence-electron chi connectivity index (χ4n) is 3.11. The molecule has 0 atom stereocenters. The lowest BCUT2D eigenvalue weighted by molar-refractivity contribution is -0.155. The van der Waals surface area contributed by atoms with Crippen molar-refractivity contribution >= 4 is 11.9 Å². The van der Waals surface area contributed by atoms with Crippen LogP contribution < -0.4 is 0 Å². The Hall–Kier alpha value is -1.10. The second-order valence-corrected chi connectivity index (χ2v) is 8.36. The predicted octanol–water partition coefficient (Wildman–Crippen LogP) is 6.23. The number of hydrogen-bond acceptors (Lipinski definition) is 5. The van der Waals surface area contributed by atoms with Crippen LogP contribution >= 0.6 is 0 Å². The molecule has 0 fully saturated rings. The molecule has 0 saturated carbocycles. The molecule has 5 nitrogen and oxygen atoms in total. The molecular weight excluding hydrogens is 368 g/mol. The lowest BCUT2D eigenvalue weighted by atomic mass is 10.1. The summed E-state index contributed by atoms with van der Waals surface area (Å²) in [6.45, 7) is 6.96. The van der Waals surface area contributed by atoms with E-state index in [0.717, 1.165) is 25.7 Å². The summed E-state index contributed by atoms with van der Waals surface area (Å²) in [4.78, 5) is 23.0. The number of unbranched alkanes of at least 4 members (excludes halogenated alkanes) is 11. The molecule has 0 aromatic rings. The van der Waals surface area contributed by atoms with E-state index in [-0.39, 0.29) is 13.2 Å². The zero-order valence-corrected chi connectivity index (χ0v) is 19.3. The summed E-state index contributed by atoms with van der Waals surface area (Å²) in [6, 6.07) is 0. The zero-order chi connectivity index (χ0) is 21.6. The summed E-state index contributed by atoms with van der Waals surface area (Å²) < 4.78 is 15.2. The van der Waals surface area contributed by atoms with Crippen LogP contribution in [0.25, 0.3) is 0 Å². The van der Waals surface area contributed by atoms with Gasteiger partial charge in [-0.3, -0.25) is 0 Å². The molecule has 0 aromatic heterocycles. The van der Waals surface area contributed by atoms with E-state index in [1.165, 1.54) is 64.2 Å². The number of esters is 2. The van der Waals surface area contributed by atoms with Crippen molar-refractivity contribution in [3.05, 3.63) is 0 Å². The van der Waals surface area contributed by atoms with Gasteiger partial charge in [0.15, 0.2) is 0 Å². The fourth-order valence-corrected chi connectivity index (χ4v) is 3.11. The molecular formula is C24H46O5. The van der Waals surface area contributed by atoms with Gasteiger partial charge in [-0.05, 0) is 25.2 Å². The van der Waals surface area contributed by atoms with Gasteiger partial charge in [0.1, 0.15) is 13.2 Å². The second kappa shape index (κ2) is 21.6. The van der Waals surface area contributed by atoms with E-state index in [0.29, 0.717) is 19.1 Å². The number of rotatable bonds is 21. The molecule has 5 heteroatoms. The maximum atomic E-state index is 11.6. The van der Waals surface area contributed by atoms with Crippen molar-refractivity contribution in [3.63, 3.8) is 0 Å². The van der Waals surface area contributed by atoms with Crippen LogP contribution in [-0.2, 0) is 23.8 Å². The van der Waals surface area contributed by atoms with E-state index >= 15 is 0 Å². The first-order valence-electron chi connectivity index (χ1n) is 11.9. The Kier molecular flexibility index (Phi) is 20.8. The summed E-state index contributed by atoms with van der Waals surface area (Å²) in [6.07, 6.45) is 17.2. The van der Waals surface area contributed by atoms with Gasteiger partial charge < -0.3 is 14.2 Å². The highest BCUT2D eigenvalue weighted by Gasteiger charge is 2.07. The first kappa shape index (κ1) is 27.9. The van der Waals surface area contributed by atoms with Gasteiger partial charge in [0.2, 0.25) is 0 Å². The number of carbonyl (C=O) groups excluding carboxylic acids is 2.